The van der Waals surface area contributed by atoms with Crippen molar-refractivity contribution in [2.24, 2.45) is 0 Å². The first-order valence-corrected chi connectivity index (χ1v) is 6.54. The number of carbonyl (C=O) groups is 3. The third kappa shape index (κ3) is 4.70. The molecule has 108 valence electrons. The van der Waals surface area contributed by atoms with Crippen molar-refractivity contribution in [3.8, 4) is 0 Å². The van der Waals surface area contributed by atoms with Crippen LogP contribution in [0.5, 0.6) is 0 Å². The summed E-state index contributed by atoms with van der Waals surface area (Å²) in [6.45, 7) is 0. The second kappa shape index (κ2) is 7.32. The summed E-state index contributed by atoms with van der Waals surface area (Å²) in [5.74, 6) is -0.00342. The van der Waals surface area contributed by atoms with Gasteiger partial charge in [0, 0.05) is 12.8 Å². The van der Waals surface area contributed by atoms with E-state index in [0.717, 1.165) is 0 Å². The fraction of sp³-hybridized carbons (Fsp3) is 0.727. The molecule has 1 saturated carbocycles. The summed E-state index contributed by atoms with van der Waals surface area (Å²) >= 11 is 3.27. The van der Waals surface area contributed by atoms with Crippen molar-refractivity contribution in [1.29, 1.82) is 0 Å². The number of ether oxygens (including phenoxy) is 4. The lowest BCUT2D eigenvalue weighted by Crippen LogP contribution is -2.40. The van der Waals surface area contributed by atoms with Gasteiger partial charge in [-0.15, -0.1) is 0 Å². The van der Waals surface area contributed by atoms with E-state index in [4.69, 9.17) is 9.47 Å². The maximum absolute atomic E-state index is 11.5. The van der Waals surface area contributed by atoms with Crippen LogP contribution >= 0.6 is 15.9 Å². The summed E-state index contributed by atoms with van der Waals surface area (Å²) in [7, 11) is 2.34. The smallest absolute Gasteiger partial charge is 0.438 e. The van der Waals surface area contributed by atoms with E-state index in [1.165, 1.54) is 14.2 Å². The Bertz CT molecular complexity index is 357. The predicted molar refractivity (Wildman–Crippen MR) is 66.1 cm³/mol. The number of Topliss-reactive ketones (excluding diaryl/α,β-unsaturated/α-hetero) is 1. The van der Waals surface area contributed by atoms with Gasteiger partial charge in [-0.05, 0) is 6.42 Å². The van der Waals surface area contributed by atoms with Crippen LogP contribution in [0.3, 0.4) is 0 Å². The van der Waals surface area contributed by atoms with Crippen molar-refractivity contribution in [2.45, 2.75) is 36.3 Å². The molecule has 1 fully saturated rings. The fourth-order valence-corrected chi connectivity index (χ4v) is 2.55. The number of halogens is 1. The number of rotatable bonds is 2. The van der Waals surface area contributed by atoms with Gasteiger partial charge >= 0.3 is 12.3 Å². The Balaban J connectivity index is 2.82. The maximum atomic E-state index is 11.5. The molecule has 8 heteroatoms. The fourth-order valence-electron chi connectivity index (χ4n) is 1.74. The van der Waals surface area contributed by atoms with E-state index in [1.807, 2.05) is 0 Å². The SMILES string of the molecule is COC(=O)O[C@@H]1[C@@H](Br)CC(=O)CC[C@H]1OC(=O)OC. The van der Waals surface area contributed by atoms with E-state index in [0.29, 0.717) is 0 Å². The molecule has 1 aliphatic carbocycles. The Kier molecular flexibility index (Phi) is 6.07. The van der Waals surface area contributed by atoms with Gasteiger partial charge in [-0.2, -0.15) is 0 Å². The summed E-state index contributed by atoms with van der Waals surface area (Å²) in [5, 5.41) is 0. The van der Waals surface area contributed by atoms with Crippen molar-refractivity contribution in [2.75, 3.05) is 14.2 Å². The number of hydrogen-bond acceptors (Lipinski definition) is 7. The Morgan fingerprint density at radius 1 is 1.16 bits per heavy atom. The van der Waals surface area contributed by atoms with Crippen molar-refractivity contribution in [1.82, 2.24) is 0 Å². The number of ketones is 1. The van der Waals surface area contributed by atoms with E-state index < -0.39 is 29.3 Å². The topological polar surface area (TPSA) is 88.1 Å². The minimum atomic E-state index is -0.901. The highest BCUT2D eigenvalue weighted by Gasteiger charge is 2.38. The summed E-state index contributed by atoms with van der Waals surface area (Å²) in [5.41, 5.74) is 0. The van der Waals surface area contributed by atoms with Gasteiger partial charge < -0.3 is 18.9 Å². The molecular weight excluding hydrogens is 324 g/mol. The van der Waals surface area contributed by atoms with Gasteiger partial charge in [-0.3, -0.25) is 4.79 Å². The van der Waals surface area contributed by atoms with E-state index in [1.54, 1.807) is 0 Å². The van der Waals surface area contributed by atoms with Crippen LogP contribution in [0, 0.1) is 0 Å². The van der Waals surface area contributed by atoms with Gasteiger partial charge in [-0.25, -0.2) is 9.59 Å². The van der Waals surface area contributed by atoms with Crippen LogP contribution in [-0.2, 0) is 23.7 Å². The molecule has 0 unspecified atom stereocenters. The van der Waals surface area contributed by atoms with Gasteiger partial charge in [0.25, 0.3) is 0 Å². The Hall–Kier alpha value is -1.31. The molecular formula is C11H15BrO7. The molecule has 1 aliphatic rings. The molecule has 3 atom stereocenters. The molecule has 0 amide bonds. The quantitative estimate of drug-likeness (QED) is 0.431. The van der Waals surface area contributed by atoms with Gasteiger partial charge in [0.2, 0.25) is 0 Å². The number of hydrogen-bond donors (Lipinski definition) is 0. The molecule has 0 aromatic carbocycles. The third-order valence-electron chi connectivity index (χ3n) is 2.67. The van der Waals surface area contributed by atoms with Gasteiger partial charge in [0.05, 0.1) is 19.0 Å². The minimum absolute atomic E-state index is 0.00342. The summed E-state index contributed by atoms with van der Waals surface area (Å²) in [6.07, 6.45) is -2.68. The monoisotopic (exact) mass is 338 g/mol. The van der Waals surface area contributed by atoms with Crippen LogP contribution in [0.2, 0.25) is 0 Å². The molecule has 0 N–H and O–H groups in total. The first-order chi connectivity index (χ1) is 8.97. The number of carbonyl (C=O) groups excluding carboxylic acids is 3. The minimum Gasteiger partial charge on any atom is -0.438 e. The number of methoxy groups -OCH3 is 2. The van der Waals surface area contributed by atoms with Gasteiger partial charge in [-0.1, -0.05) is 15.9 Å². The highest BCUT2D eigenvalue weighted by Crippen LogP contribution is 2.27. The van der Waals surface area contributed by atoms with E-state index in [2.05, 4.69) is 25.4 Å². The van der Waals surface area contributed by atoms with Crippen molar-refractivity contribution < 1.29 is 33.3 Å². The van der Waals surface area contributed by atoms with E-state index >= 15 is 0 Å². The van der Waals surface area contributed by atoms with Crippen LogP contribution in [-0.4, -0.2) is 49.3 Å². The summed E-state index contributed by atoms with van der Waals surface area (Å²) < 4.78 is 18.9. The molecule has 0 aromatic heterocycles. The summed E-state index contributed by atoms with van der Waals surface area (Å²) in [4.78, 5) is 33.4. The van der Waals surface area contributed by atoms with Gasteiger partial charge in [0.1, 0.15) is 11.9 Å². The van der Waals surface area contributed by atoms with E-state index in [-0.39, 0.29) is 25.0 Å². The first kappa shape index (κ1) is 15.7. The zero-order valence-corrected chi connectivity index (χ0v) is 12.2. The molecule has 0 aliphatic heterocycles. The Morgan fingerprint density at radius 2 is 1.74 bits per heavy atom. The zero-order chi connectivity index (χ0) is 14.4. The Morgan fingerprint density at radius 3 is 2.32 bits per heavy atom. The van der Waals surface area contributed by atoms with Crippen LogP contribution in [0.15, 0.2) is 0 Å². The maximum Gasteiger partial charge on any atom is 0.508 e. The lowest BCUT2D eigenvalue weighted by atomic mass is 10.1. The normalized spacial score (nSPS) is 27.1. The molecule has 0 radical (unpaired) electrons. The molecule has 0 bridgehead atoms. The molecule has 19 heavy (non-hydrogen) atoms. The van der Waals surface area contributed by atoms with Gasteiger partial charge in [0.15, 0.2) is 6.10 Å². The average molecular weight is 339 g/mol. The molecule has 0 saturated heterocycles. The highest BCUT2D eigenvalue weighted by molar-refractivity contribution is 9.09. The zero-order valence-electron chi connectivity index (χ0n) is 10.6. The van der Waals surface area contributed by atoms with Crippen LogP contribution < -0.4 is 0 Å². The summed E-state index contributed by atoms with van der Waals surface area (Å²) in [6, 6.07) is 0. The Labute approximate surface area is 118 Å². The number of alkyl halides is 1. The lowest BCUT2D eigenvalue weighted by Gasteiger charge is -2.26. The van der Waals surface area contributed by atoms with E-state index in [9.17, 15) is 14.4 Å². The average Bonchev–Trinajstić information content (AvgIpc) is 2.51. The third-order valence-corrected chi connectivity index (χ3v) is 3.51. The van der Waals surface area contributed by atoms with Crippen molar-refractivity contribution in [3.63, 3.8) is 0 Å². The second-order valence-corrected chi connectivity index (χ2v) is 5.12. The molecule has 0 spiro atoms. The van der Waals surface area contributed by atoms with Crippen LogP contribution in [0.25, 0.3) is 0 Å². The van der Waals surface area contributed by atoms with Crippen LogP contribution in [0.4, 0.5) is 9.59 Å². The standard InChI is InChI=1S/C11H15BrO7/c1-16-10(14)18-8-4-3-6(13)5-7(12)9(8)19-11(15)17-2/h7-9H,3-5H2,1-2H3/t7-,8+,9+/m0/s1. The molecule has 0 aromatic rings. The van der Waals surface area contributed by atoms with Crippen LogP contribution in [0.1, 0.15) is 19.3 Å². The lowest BCUT2D eigenvalue weighted by molar-refractivity contribution is -0.119. The predicted octanol–water partition coefficient (Wildman–Crippen LogP) is 1.81. The molecule has 0 heterocycles. The second-order valence-electron chi connectivity index (χ2n) is 3.94. The first-order valence-electron chi connectivity index (χ1n) is 5.63. The van der Waals surface area contributed by atoms with Crippen molar-refractivity contribution in [3.05, 3.63) is 0 Å². The molecule has 7 nitrogen and oxygen atoms in total. The van der Waals surface area contributed by atoms with Crippen molar-refractivity contribution >= 4 is 34.0 Å². The molecule has 1 rings (SSSR count). The highest BCUT2D eigenvalue weighted by atomic mass is 79.9. The largest absolute Gasteiger partial charge is 0.508 e.